The van der Waals surface area contributed by atoms with E-state index in [-0.39, 0.29) is 5.43 Å². The first-order valence-electron chi connectivity index (χ1n) is 8.27. The molecule has 1 aromatic carbocycles. The largest absolute Gasteiger partial charge is 0.496 e. The molecule has 7 heteroatoms. The Labute approximate surface area is 150 Å². The molecular formula is C19H20N2O5. The van der Waals surface area contributed by atoms with Crippen LogP contribution in [0.4, 0.5) is 5.69 Å². The van der Waals surface area contributed by atoms with Crippen LogP contribution in [0.15, 0.2) is 39.5 Å². The first-order valence-corrected chi connectivity index (χ1v) is 8.27. The molecule has 1 aliphatic heterocycles. The van der Waals surface area contributed by atoms with Gasteiger partial charge >= 0.3 is 0 Å². The van der Waals surface area contributed by atoms with E-state index in [1.165, 1.54) is 20.3 Å². The van der Waals surface area contributed by atoms with Gasteiger partial charge in [0.25, 0.3) is 0 Å². The number of aromatic nitrogens is 1. The lowest BCUT2D eigenvalue weighted by Gasteiger charge is -2.09. The molecule has 0 radical (unpaired) electrons. The maximum Gasteiger partial charge on any atom is 0.239 e. The number of fused-ring (bicyclic) bond motifs is 2. The van der Waals surface area contributed by atoms with Crippen molar-refractivity contribution in [3.8, 4) is 28.8 Å². The van der Waals surface area contributed by atoms with Gasteiger partial charge in [0, 0.05) is 18.2 Å². The van der Waals surface area contributed by atoms with Gasteiger partial charge in [-0.15, -0.1) is 0 Å². The predicted octanol–water partition coefficient (Wildman–Crippen LogP) is 3.66. The summed E-state index contributed by atoms with van der Waals surface area (Å²) < 4.78 is 21.7. The van der Waals surface area contributed by atoms with Crippen molar-refractivity contribution < 1.29 is 18.6 Å². The summed E-state index contributed by atoms with van der Waals surface area (Å²) in [5.74, 6) is 1.77. The first kappa shape index (κ1) is 17.6. The van der Waals surface area contributed by atoms with Gasteiger partial charge in [0.05, 0.1) is 19.9 Å². The highest BCUT2D eigenvalue weighted by Gasteiger charge is 2.17. The molecule has 0 unspecified atom stereocenters. The van der Waals surface area contributed by atoms with Gasteiger partial charge in [-0.1, -0.05) is 13.8 Å². The van der Waals surface area contributed by atoms with E-state index in [1.54, 1.807) is 18.2 Å². The Balaban J connectivity index is 0.000000948. The molecule has 0 amide bonds. The van der Waals surface area contributed by atoms with Crippen LogP contribution in [0.1, 0.15) is 13.8 Å². The van der Waals surface area contributed by atoms with E-state index in [4.69, 9.17) is 18.6 Å². The highest BCUT2D eigenvalue weighted by atomic mass is 16.5. The fraction of sp³-hybridized carbons (Fsp3) is 0.263. The second-order valence-electron chi connectivity index (χ2n) is 5.19. The van der Waals surface area contributed by atoms with Gasteiger partial charge in [-0.3, -0.25) is 4.79 Å². The van der Waals surface area contributed by atoms with E-state index in [0.29, 0.717) is 46.5 Å². The van der Waals surface area contributed by atoms with Gasteiger partial charge in [-0.2, -0.15) is 0 Å². The minimum absolute atomic E-state index is 0.216. The van der Waals surface area contributed by atoms with Crippen LogP contribution in [0.5, 0.6) is 17.4 Å². The van der Waals surface area contributed by atoms with Crippen LogP contribution in [0.2, 0.25) is 0 Å². The minimum atomic E-state index is -0.216. The zero-order chi connectivity index (χ0) is 18.7. The Morgan fingerprint density at radius 2 is 1.92 bits per heavy atom. The van der Waals surface area contributed by atoms with E-state index in [0.717, 1.165) is 5.69 Å². The monoisotopic (exact) mass is 356 g/mol. The Morgan fingerprint density at radius 1 is 1.12 bits per heavy atom. The molecule has 0 aliphatic carbocycles. The standard InChI is InChI=1S/C17H14N2O5.C2H6/c1-21-9-5-14(22-2)16-12(20)7-13(24-15(16)6-9)10-3-4-11-17(19-10)23-8-18-11;1-2/h3-7,18H,8H2,1-2H3;1-2H3. The van der Waals surface area contributed by atoms with Crippen molar-refractivity contribution in [1.29, 1.82) is 0 Å². The second kappa shape index (κ2) is 7.35. The van der Waals surface area contributed by atoms with Crippen LogP contribution >= 0.6 is 0 Å². The van der Waals surface area contributed by atoms with E-state index in [1.807, 2.05) is 19.9 Å². The van der Waals surface area contributed by atoms with Crippen LogP contribution in [-0.4, -0.2) is 25.9 Å². The highest BCUT2D eigenvalue weighted by molar-refractivity contribution is 5.86. The molecule has 0 saturated heterocycles. The molecule has 1 aliphatic rings. The first-order chi connectivity index (χ1) is 12.7. The summed E-state index contributed by atoms with van der Waals surface area (Å²) in [6, 6.07) is 8.29. The number of hydrogen-bond acceptors (Lipinski definition) is 7. The number of benzene rings is 1. The Kier molecular flexibility index (Phi) is 4.97. The number of ether oxygens (including phenoxy) is 3. The van der Waals surface area contributed by atoms with Gasteiger partial charge in [-0.25, -0.2) is 4.98 Å². The highest BCUT2D eigenvalue weighted by Crippen LogP contribution is 2.33. The van der Waals surface area contributed by atoms with Gasteiger partial charge in [0.2, 0.25) is 5.88 Å². The van der Waals surface area contributed by atoms with Crippen LogP contribution in [-0.2, 0) is 0 Å². The minimum Gasteiger partial charge on any atom is -0.496 e. The summed E-state index contributed by atoms with van der Waals surface area (Å²) in [6.45, 7) is 4.38. The quantitative estimate of drug-likeness (QED) is 0.767. The number of nitrogens with one attached hydrogen (secondary N) is 1. The fourth-order valence-corrected chi connectivity index (χ4v) is 2.64. The number of nitrogens with zero attached hydrogens (tertiary/aromatic N) is 1. The zero-order valence-electron chi connectivity index (χ0n) is 15.1. The van der Waals surface area contributed by atoms with Crippen molar-refractivity contribution in [3.05, 3.63) is 40.6 Å². The lowest BCUT2D eigenvalue weighted by atomic mass is 10.1. The molecule has 0 saturated carbocycles. The smallest absolute Gasteiger partial charge is 0.239 e. The lowest BCUT2D eigenvalue weighted by molar-refractivity contribution is 0.359. The van der Waals surface area contributed by atoms with Crippen molar-refractivity contribution in [2.75, 3.05) is 26.3 Å². The van der Waals surface area contributed by atoms with Crippen molar-refractivity contribution in [2.24, 2.45) is 0 Å². The lowest BCUT2D eigenvalue weighted by Crippen LogP contribution is -2.03. The molecule has 4 rings (SSSR count). The molecule has 0 atom stereocenters. The molecule has 7 nitrogen and oxygen atoms in total. The molecule has 2 aromatic heterocycles. The van der Waals surface area contributed by atoms with Crippen LogP contribution in [0.25, 0.3) is 22.4 Å². The molecule has 1 N–H and O–H groups in total. The van der Waals surface area contributed by atoms with Crippen LogP contribution in [0, 0.1) is 0 Å². The predicted molar refractivity (Wildman–Crippen MR) is 99.3 cm³/mol. The van der Waals surface area contributed by atoms with Gasteiger partial charge in [0.1, 0.15) is 28.2 Å². The molecule has 0 spiro atoms. The Bertz CT molecular complexity index is 997. The summed E-state index contributed by atoms with van der Waals surface area (Å²) in [4.78, 5) is 16.9. The molecular weight excluding hydrogens is 336 g/mol. The molecule has 0 fully saturated rings. The molecule has 26 heavy (non-hydrogen) atoms. The van der Waals surface area contributed by atoms with E-state index < -0.39 is 0 Å². The zero-order valence-corrected chi connectivity index (χ0v) is 15.1. The normalized spacial score (nSPS) is 11.7. The van der Waals surface area contributed by atoms with Crippen molar-refractivity contribution in [3.63, 3.8) is 0 Å². The second-order valence-corrected chi connectivity index (χ2v) is 5.19. The fourth-order valence-electron chi connectivity index (χ4n) is 2.64. The summed E-state index contributed by atoms with van der Waals surface area (Å²) in [5, 5.41) is 3.40. The molecule has 3 aromatic rings. The third kappa shape index (κ3) is 3.03. The summed E-state index contributed by atoms with van der Waals surface area (Å²) >= 11 is 0. The Morgan fingerprint density at radius 3 is 2.65 bits per heavy atom. The Hall–Kier alpha value is -3.22. The summed E-state index contributed by atoms with van der Waals surface area (Å²) in [7, 11) is 3.03. The SMILES string of the molecule is CC.COc1cc(OC)c2c(=O)cc(-c3ccc4c(n3)OCN4)oc2c1. The number of pyridine rings is 1. The van der Waals surface area contributed by atoms with E-state index in [9.17, 15) is 4.79 Å². The van der Waals surface area contributed by atoms with Gasteiger partial charge < -0.3 is 23.9 Å². The molecule has 136 valence electrons. The van der Waals surface area contributed by atoms with Gasteiger partial charge in [0.15, 0.2) is 17.9 Å². The number of methoxy groups -OCH3 is 2. The third-order valence-electron chi connectivity index (χ3n) is 3.81. The van der Waals surface area contributed by atoms with Crippen molar-refractivity contribution in [1.82, 2.24) is 4.98 Å². The third-order valence-corrected chi connectivity index (χ3v) is 3.81. The topological polar surface area (TPSA) is 82.8 Å². The average molecular weight is 356 g/mol. The average Bonchev–Trinajstić information content (AvgIpc) is 3.16. The maximum atomic E-state index is 12.5. The van der Waals surface area contributed by atoms with E-state index >= 15 is 0 Å². The summed E-state index contributed by atoms with van der Waals surface area (Å²) in [6.07, 6.45) is 0. The maximum absolute atomic E-state index is 12.5. The van der Waals surface area contributed by atoms with Crippen molar-refractivity contribution in [2.45, 2.75) is 13.8 Å². The summed E-state index contributed by atoms with van der Waals surface area (Å²) in [5.41, 5.74) is 1.48. The molecule has 3 heterocycles. The van der Waals surface area contributed by atoms with Crippen LogP contribution in [0.3, 0.4) is 0 Å². The number of rotatable bonds is 3. The number of hydrogen-bond donors (Lipinski definition) is 1. The van der Waals surface area contributed by atoms with Gasteiger partial charge in [-0.05, 0) is 12.1 Å². The van der Waals surface area contributed by atoms with Crippen LogP contribution < -0.4 is 25.0 Å². The van der Waals surface area contributed by atoms with E-state index in [2.05, 4.69) is 10.3 Å². The van der Waals surface area contributed by atoms with Crippen molar-refractivity contribution >= 4 is 16.7 Å². The number of anilines is 1. The molecule has 0 bridgehead atoms.